The number of rotatable bonds is 4. The Kier molecular flexibility index (Phi) is 4.12. The van der Waals surface area contributed by atoms with Gasteiger partial charge in [0.15, 0.2) is 0 Å². The summed E-state index contributed by atoms with van der Waals surface area (Å²) in [6, 6.07) is 6.69. The van der Waals surface area contributed by atoms with Gasteiger partial charge in [-0.25, -0.2) is 4.79 Å². The SMILES string of the molecule is CN(Cc1ccc(C(=O)O)cc1)C(=O)C1(C)CCCC1. The van der Waals surface area contributed by atoms with Crippen LogP contribution in [0.3, 0.4) is 0 Å². The van der Waals surface area contributed by atoms with Crippen LogP contribution in [0, 0.1) is 5.41 Å². The molecule has 0 aromatic heterocycles. The molecule has 20 heavy (non-hydrogen) atoms. The zero-order valence-corrected chi connectivity index (χ0v) is 12.1. The lowest BCUT2D eigenvalue weighted by molar-refractivity contribution is -0.140. The predicted molar refractivity (Wildman–Crippen MR) is 76.5 cm³/mol. The number of carboxylic acids is 1. The van der Waals surface area contributed by atoms with Crippen molar-refractivity contribution in [1.82, 2.24) is 4.90 Å². The molecule has 1 aliphatic rings. The zero-order chi connectivity index (χ0) is 14.8. The van der Waals surface area contributed by atoms with Gasteiger partial charge in [-0.2, -0.15) is 0 Å². The molecule has 0 radical (unpaired) electrons. The van der Waals surface area contributed by atoms with E-state index in [0.29, 0.717) is 6.54 Å². The molecule has 1 aromatic carbocycles. The van der Waals surface area contributed by atoms with Gasteiger partial charge in [0.1, 0.15) is 0 Å². The maximum Gasteiger partial charge on any atom is 0.335 e. The largest absolute Gasteiger partial charge is 0.478 e. The van der Waals surface area contributed by atoms with Gasteiger partial charge < -0.3 is 10.0 Å². The first-order valence-electron chi connectivity index (χ1n) is 7.00. The molecule has 2 rings (SSSR count). The third kappa shape index (κ3) is 3.00. The quantitative estimate of drug-likeness (QED) is 0.919. The van der Waals surface area contributed by atoms with Crippen LogP contribution in [-0.2, 0) is 11.3 Å². The second kappa shape index (κ2) is 5.65. The monoisotopic (exact) mass is 275 g/mol. The number of carbonyl (C=O) groups is 2. The number of carboxylic acid groups (broad SMARTS) is 1. The van der Waals surface area contributed by atoms with Crippen molar-refractivity contribution in [2.24, 2.45) is 5.41 Å². The summed E-state index contributed by atoms with van der Waals surface area (Å²) in [5.74, 6) is -0.739. The average molecular weight is 275 g/mol. The summed E-state index contributed by atoms with van der Waals surface area (Å²) in [5.41, 5.74) is 1.01. The van der Waals surface area contributed by atoms with Crippen molar-refractivity contribution in [1.29, 1.82) is 0 Å². The number of hydrogen-bond acceptors (Lipinski definition) is 2. The third-order valence-electron chi connectivity index (χ3n) is 4.19. The Morgan fingerprint density at radius 1 is 1.20 bits per heavy atom. The Labute approximate surface area is 119 Å². The smallest absolute Gasteiger partial charge is 0.335 e. The minimum absolute atomic E-state index is 0.192. The fourth-order valence-electron chi connectivity index (χ4n) is 2.93. The molecule has 4 heteroatoms. The van der Waals surface area contributed by atoms with E-state index in [1.807, 2.05) is 14.0 Å². The summed E-state index contributed by atoms with van der Waals surface area (Å²) >= 11 is 0. The number of benzene rings is 1. The van der Waals surface area contributed by atoms with Crippen molar-refractivity contribution in [3.63, 3.8) is 0 Å². The Morgan fingerprint density at radius 2 is 1.75 bits per heavy atom. The second-order valence-corrected chi connectivity index (χ2v) is 5.93. The first kappa shape index (κ1) is 14.6. The van der Waals surface area contributed by atoms with Crippen LogP contribution in [0.25, 0.3) is 0 Å². The van der Waals surface area contributed by atoms with Crippen LogP contribution in [-0.4, -0.2) is 28.9 Å². The van der Waals surface area contributed by atoms with E-state index in [-0.39, 0.29) is 16.9 Å². The average Bonchev–Trinajstić information content (AvgIpc) is 2.86. The molecule has 4 nitrogen and oxygen atoms in total. The van der Waals surface area contributed by atoms with E-state index < -0.39 is 5.97 Å². The normalized spacial score (nSPS) is 16.9. The van der Waals surface area contributed by atoms with Crippen molar-refractivity contribution < 1.29 is 14.7 Å². The maximum absolute atomic E-state index is 12.5. The highest BCUT2D eigenvalue weighted by molar-refractivity contribution is 5.87. The molecule has 1 saturated carbocycles. The second-order valence-electron chi connectivity index (χ2n) is 5.93. The first-order chi connectivity index (χ1) is 9.42. The number of hydrogen-bond donors (Lipinski definition) is 1. The first-order valence-corrected chi connectivity index (χ1v) is 7.00. The molecule has 1 amide bonds. The minimum Gasteiger partial charge on any atom is -0.478 e. The van der Waals surface area contributed by atoms with Gasteiger partial charge in [0.2, 0.25) is 5.91 Å². The van der Waals surface area contributed by atoms with Crippen LogP contribution in [0.1, 0.15) is 48.5 Å². The van der Waals surface area contributed by atoms with Crippen molar-refractivity contribution in [3.05, 3.63) is 35.4 Å². The molecular weight excluding hydrogens is 254 g/mol. The Morgan fingerprint density at radius 3 is 2.25 bits per heavy atom. The van der Waals surface area contributed by atoms with E-state index in [4.69, 9.17) is 5.11 Å². The van der Waals surface area contributed by atoms with E-state index in [1.54, 1.807) is 29.2 Å². The number of aromatic carboxylic acids is 1. The highest BCUT2D eigenvalue weighted by atomic mass is 16.4. The van der Waals surface area contributed by atoms with Crippen LogP contribution in [0.15, 0.2) is 24.3 Å². The molecular formula is C16H21NO3. The summed E-state index contributed by atoms with van der Waals surface area (Å²) in [5, 5.41) is 8.86. The predicted octanol–water partition coefficient (Wildman–Crippen LogP) is 2.92. The maximum atomic E-state index is 12.5. The molecule has 0 bridgehead atoms. The van der Waals surface area contributed by atoms with Crippen molar-refractivity contribution in [2.45, 2.75) is 39.2 Å². The molecule has 0 atom stereocenters. The Hall–Kier alpha value is -1.84. The lowest BCUT2D eigenvalue weighted by Gasteiger charge is -2.29. The standard InChI is InChI=1S/C16H21NO3/c1-16(9-3-4-10-16)15(20)17(2)11-12-5-7-13(8-6-12)14(18)19/h5-8H,3-4,9-11H2,1-2H3,(H,18,19). The fourth-order valence-corrected chi connectivity index (χ4v) is 2.93. The molecule has 1 aromatic rings. The number of nitrogens with zero attached hydrogens (tertiary/aromatic N) is 1. The topological polar surface area (TPSA) is 57.6 Å². The number of amides is 1. The molecule has 0 unspecified atom stereocenters. The molecule has 0 aliphatic heterocycles. The van der Waals surface area contributed by atoms with Crippen molar-refractivity contribution in [3.8, 4) is 0 Å². The van der Waals surface area contributed by atoms with Crippen LogP contribution in [0.4, 0.5) is 0 Å². The van der Waals surface area contributed by atoms with Crippen LogP contribution >= 0.6 is 0 Å². The lowest BCUT2D eigenvalue weighted by atomic mass is 9.87. The number of carbonyl (C=O) groups excluding carboxylic acids is 1. The summed E-state index contributed by atoms with van der Waals surface area (Å²) in [6.07, 6.45) is 4.19. The summed E-state index contributed by atoms with van der Waals surface area (Å²) in [7, 11) is 1.82. The fraction of sp³-hybridized carbons (Fsp3) is 0.500. The van der Waals surface area contributed by atoms with E-state index in [2.05, 4.69) is 0 Å². The lowest BCUT2D eigenvalue weighted by Crippen LogP contribution is -2.38. The van der Waals surface area contributed by atoms with E-state index in [9.17, 15) is 9.59 Å². The van der Waals surface area contributed by atoms with Gasteiger partial charge in [0, 0.05) is 19.0 Å². The van der Waals surface area contributed by atoms with Gasteiger partial charge >= 0.3 is 5.97 Å². The van der Waals surface area contributed by atoms with Crippen molar-refractivity contribution in [2.75, 3.05) is 7.05 Å². The van der Waals surface area contributed by atoms with Crippen LogP contribution in [0.5, 0.6) is 0 Å². The third-order valence-corrected chi connectivity index (χ3v) is 4.19. The van der Waals surface area contributed by atoms with Crippen LogP contribution in [0.2, 0.25) is 0 Å². The van der Waals surface area contributed by atoms with E-state index in [1.165, 1.54) is 0 Å². The van der Waals surface area contributed by atoms with E-state index in [0.717, 1.165) is 31.2 Å². The van der Waals surface area contributed by atoms with Gasteiger partial charge in [-0.1, -0.05) is 31.9 Å². The van der Waals surface area contributed by atoms with Gasteiger partial charge in [-0.05, 0) is 30.5 Å². The van der Waals surface area contributed by atoms with Gasteiger partial charge in [-0.3, -0.25) is 4.79 Å². The van der Waals surface area contributed by atoms with E-state index >= 15 is 0 Å². The van der Waals surface area contributed by atoms with Crippen LogP contribution < -0.4 is 0 Å². The molecule has 1 fully saturated rings. The highest BCUT2D eigenvalue weighted by Crippen LogP contribution is 2.39. The van der Waals surface area contributed by atoms with Gasteiger partial charge in [-0.15, -0.1) is 0 Å². The molecule has 0 saturated heterocycles. The molecule has 0 heterocycles. The molecule has 1 N–H and O–H groups in total. The summed E-state index contributed by atoms with van der Waals surface area (Å²) < 4.78 is 0. The van der Waals surface area contributed by atoms with Gasteiger partial charge in [0.25, 0.3) is 0 Å². The Balaban J connectivity index is 2.02. The minimum atomic E-state index is -0.931. The molecule has 108 valence electrons. The highest BCUT2D eigenvalue weighted by Gasteiger charge is 2.37. The summed E-state index contributed by atoms with van der Waals surface area (Å²) in [4.78, 5) is 25.0. The summed E-state index contributed by atoms with van der Waals surface area (Å²) in [6.45, 7) is 2.57. The Bertz CT molecular complexity index is 501. The molecule has 1 aliphatic carbocycles. The zero-order valence-electron chi connectivity index (χ0n) is 12.1. The van der Waals surface area contributed by atoms with Gasteiger partial charge in [0.05, 0.1) is 5.56 Å². The molecule has 0 spiro atoms. The van der Waals surface area contributed by atoms with Crippen molar-refractivity contribution >= 4 is 11.9 Å².